The zero-order valence-electron chi connectivity index (χ0n) is 19.1. The van der Waals surface area contributed by atoms with Crippen molar-refractivity contribution in [3.63, 3.8) is 0 Å². The zero-order valence-corrected chi connectivity index (χ0v) is 19.9. The van der Waals surface area contributed by atoms with E-state index in [1.54, 1.807) is 42.6 Å². The minimum absolute atomic E-state index is 0.0246. The van der Waals surface area contributed by atoms with Gasteiger partial charge in [0, 0.05) is 0 Å². The molecule has 4 saturated heterocycles. The van der Waals surface area contributed by atoms with Crippen LogP contribution < -0.4 is 5.32 Å². The number of ketones is 2. The molecule has 178 valence electrons. The van der Waals surface area contributed by atoms with E-state index in [1.165, 1.54) is 0 Å². The number of Topliss-reactive ketones (excluding diaryl/α,β-unsaturated/α-hetero) is 2. The molecule has 9 nitrogen and oxygen atoms in total. The number of carbonyl (C=O) groups is 4. The SMILES string of the molecule is CNC1CCOC2CCC(C(=O)CN(C)C3CCSC4CCC(C(C)=O)N4C3=O)N2C1=O. The van der Waals surface area contributed by atoms with Gasteiger partial charge in [0.05, 0.1) is 42.7 Å². The molecule has 0 aliphatic carbocycles. The Hall–Kier alpha value is -1.49. The Morgan fingerprint density at radius 3 is 2.53 bits per heavy atom. The van der Waals surface area contributed by atoms with Crippen molar-refractivity contribution in [3.8, 4) is 0 Å². The van der Waals surface area contributed by atoms with Gasteiger partial charge in [0.1, 0.15) is 6.23 Å². The quantitative estimate of drug-likeness (QED) is 0.594. The highest BCUT2D eigenvalue weighted by Gasteiger charge is 2.47. The van der Waals surface area contributed by atoms with Crippen molar-refractivity contribution < 1.29 is 23.9 Å². The third kappa shape index (κ3) is 4.34. The van der Waals surface area contributed by atoms with Crippen LogP contribution >= 0.6 is 11.8 Å². The number of nitrogens with one attached hydrogen (secondary N) is 1. The molecule has 0 spiro atoms. The second kappa shape index (κ2) is 9.79. The van der Waals surface area contributed by atoms with E-state index in [9.17, 15) is 19.2 Å². The second-order valence-electron chi connectivity index (χ2n) is 9.25. The Labute approximate surface area is 193 Å². The van der Waals surface area contributed by atoms with Gasteiger partial charge in [-0.15, -0.1) is 11.8 Å². The number of hydrogen-bond acceptors (Lipinski definition) is 8. The lowest BCUT2D eigenvalue weighted by atomic mass is 10.1. The van der Waals surface area contributed by atoms with Gasteiger partial charge in [0.15, 0.2) is 11.6 Å². The van der Waals surface area contributed by atoms with Crippen molar-refractivity contribution in [1.29, 1.82) is 0 Å². The zero-order chi connectivity index (χ0) is 23.0. The number of carbonyl (C=O) groups excluding carboxylic acids is 4. The van der Waals surface area contributed by atoms with Gasteiger partial charge in [-0.1, -0.05) is 0 Å². The maximum atomic E-state index is 13.4. The van der Waals surface area contributed by atoms with Gasteiger partial charge >= 0.3 is 0 Å². The summed E-state index contributed by atoms with van der Waals surface area (Å²) >= 11 is 1.73. The average molecular weight is 467 g/mol. The highest BCUT2D eigenvalue weighted by atomic mass is 32.2. The van der Waals surface area contributed by atoms with Crippen molar-refractivity contribution in [2.24, 2.45) is 0 Å². The molecule has 0 bridgehead atoms. The first-order chi connectivity index (χ1) is 15.3. The fourth-order valence-electron chi connectivity index (χ4n) is 5.57. The summed E-state index contributed by atoms with van der Waals surface area (Å²) in [5, 5.41) is 3.08. The van der Waals surface area contributed by atoms with Gasteiger partial charge in [-0.2, -0.15) is 0 Å². The summed E-state index contributed by atoms with van der Waals surface area (Å²) in [6.45, 7) is 2.13. The minimum Gasteiger partial charge on any atom is -0.358 e. The Morgan fingerprint density at radius 2 is 1.81 bits per heavy atom. The van der Waals surface area contributed by atoms with Crippen molar-refractivity contribution in [1.82, 2.24) is 20.0 Å². The van der Waals surface area contributed by atoms with Crippen molar-refractivity contribution >= 4 is 35.1 Å². The molecular weight excluding hydrogens is 432 g/mol. The average Bonchev–Trinajstić information content (AvgIpc) is 3.30. The normalized spacial score (nSPS) is 35.5. The lowest BCUT2D eigenvalue weighted by Gasteiger charge is -2.34. The summed E-state index contributed by atoms with van der Waals surface area (Å²) < 4.78 is 5.85. The Morgan fingerprint density at radius 1 is 1.06 bits per heavy atom. The standard InChI is InChI=1S/C22H34N4O5S/c1-13(27)15-5-7-20-26(15)22(30)17(9-11-32-20)24(3)12-18(28)16-4-6-19-25(16)21(29)14(23-2)8-10-31-19/h14-17,19-20,23H,4-12H2,1-3H3. The molecule has 0 aromatic carbocycles. The third-order valence-corrected chi connectivity index (χ3v) is 8.62. The van der Waals surface area contributed by atoms with Gasteiger partial charge < -0.3 is 19.9 Å². The monoisotopic (exact) mass is 466 g/mol. The molecule has 32 heavy (non-hydrogen) atoms. The maximum Gasteiger partial charge on any atom is 0.242 e. The second-order valence-corrected chi connectivity index (χ2v) is 10.5. The molecule has 4 fully saturated rings. The van der Waals surface area contributed by atoms with Crippen molar-refractivity contribution in [3.05, 3.63) is 0 Å². The molecule has 0 aromatic rings. The minimum atomic E-state index is -0.524. The highest BCUT2D eigenvalue weighted by molar-refractivity contribution is 7.99. The molecule has 1 N–H and O–H groups in total. The summed E-state index contributed by atoms with van der Waals surface area (Å²) in [5.41, 5.74) is 0. The fraction of sp³-hybridized carbons (Fsp3) is 0.818. The van der Waals surface area contributed by atoms with E-state index < -0.39 is 12.1 Å². The van der Waals surface area contributed by atoms with Crippen LogP contribution in [0.1, 0.15) is 45.4 Å². The third-order valence-electron chi connectivity index (χ3n) is 7.30. The van der Waals surface area contributed by atoms with E-state index in [0.29, 0.717) is 38.7 Å². The van der Waals surface area contributed by atoms with Crippen LogP contribution in [-0.4, -0.2) is 107 Å². The lowest BCUT2D eigenvalue weighted by Crippen LogP contribution is -2.55. The largest absolute Gasteiger partial charge is 0.358 e. The van der Waals surface area contributed by atoms with Crippen LogP contribution in [0, 0.1) is 0 Å². The van der Waals surface area contributed by atoms with E-state index >= 15 is 0 Å². The van der Waals surface area contributed by atoms with E-state index in [4.69, 9.17) is 4.74 Å². The number of likely N-dealkylation sites (N-methyl/N-ethyl adjacent to an activating group) is 2. The number of ether oxygens (including phenoxy) is 1. The molecule has 0 aromatic heterocycles. The van der Waals surface area contributed by atoms with Crippen molar-refractivity contribution in [2.45, 2.75) is 81.2 Å². The van der Waals surface area contributed by atoms with Crippen LogP contribution in [0.5, 0.6) is 0 Å². The summed E-state index contributed by atoms with van der Waals surface area (Å²) in [7, 11) is 3.55. The molecule has 4 aliphatic rings. The van der Waals surface area contributed by atoms with E-state index in [0.717, 1.165) is 12.2 Å². The molecule has 0 radical (unpaired) electrons. The molecule has 4 heterocycles. The van der Waals surface area contributed by atoms with Crippen LogP contribution in [0.15, 0.2) is 0 Å². The van der Waals surface area contributed by atoms with Crippen LogP contribution in [0.2, 0.25) is 0 Å². The molecule has 0 saturated carbocycles. The van der Waals surface area contributed by atoms with E-state index in [1.807, 2.05) is 4.90 Å². The van der Waals surface area contributed by atoms with Gasteiger partial charge in [-0.05, 0) is 65.3 Å². The summed E-state index contributed by atoms with van der Waals surface area (Å²) in [6, 6.07) is -1.66. The molecule has 4 rings (SSSR count). The van der Waals surface area contributed by atoms with Crippen LogP contribution in [0.3, 0.4) is 0 Å². The summed E-state index contributed by atoms with van der Waals surface area (Å²) in [5.74, 6) is 0.640. The lowest BCUT2D eigenvalue weighted by molar-refractivity contribution is -0.148. The molecular formula is C22H34N4O5S. The number of nitrogens with zero attached hydrogens (tertiary/aromatic N) is 3. The fourth-order valence-corrected chi connectivity index (χ4v) is 6.91. The smallest absolute Gasteiger partial charge is 0.242 e. The number of hydrogen-bond donors (Lipinski definition) is 1. The summed E-state index contributed by atoms with van der Waals surface area (Å²) in [6.07, 6.45) is 3.66. The van der Waals surface area contributed by atoms with E-state index in [-0.39, 0.29) is 53.6 Å². The number of rotatable bonds is 6. The van der Waals surface area contributed by atoms with Crippen LogP contribution in [-0.2, 0) is 23.9 Å². The Balaban J connectivity index is 1.45. The predicted molar refractivity (Wildman–Crippen MR) is 120 cm³/mol. The first-order valence-electron chi connectivity index (χ1n) is 11.6. The van der Waals surface area contributed by atoms with Gasteiger partial charge in [0.25, 0.3) is 0 Å². The first kappa shape index (κ1) is 23.7. The Kier molecular flexibility index (Phi) is 7.24. The van der Waals surface area contributed by atoms with Crippen molar-refractivity contribution in [2.75, 3.05) is 33.0 Å². The van der Waals surface area contributed by atoms with Gasteiger partial charge in [-0.3, -0.25) is 24.1 Å². The molecule has 2 amide bonds. The van der Waals surface area contributed by atoms with Gasteiger partial charge in [0.2, 0.25) is 11.8 Å². The number of fused-ring (bicyclic) bond motifs is 2. The topological polar surface area (TPSA) is 99.3 Å². The van der Waals surface area contributed by atoms with Gasteiger partial charge in [-0.25, -0.2) is 0 Å². The highest BCUT2D eigenvalue weighted by Crippen LogP contribution is 2.37. The first-order valence-corrected chi connectivity index (χ1v) is 12.7. The number of thioether (sulfide) groups is 1. The molecule has 6 atom stereocenters. The van der Waals surface area contributed by atoms with Crippen LogP contribution in [0.25, 0.3) is 0 Å². The summed E-state index contributed by atoms with van der Waals surface area (Å²) in [4.78, 5) is 57.0. The maximum absolute atomic E-state index is 13.4. The predicted octanol–water partition coefficient (Wildman–Crippen LogP) is 0.224. The molecule has 10 heteroatoms. The Bertz CT molecular complexity index is 779. The van der Waals surface area contributed by atoms with E-state index in [2.05, 4.69) is 5.32 Å². The number of amides is 2. The molecule has 4 aliphatic heterocycles. The molecule has 6 unspecified atom stereocenters. The van der Waals surface area contributed by atoms with Crippen LogP contribution in [0.4, 0.5) is 0 Å².